The summed E-state index contributed by atoms with van der Waals surface area (Å²) in [5.41, 5.74) is 1.65. The zero-order valence-corrected chi connectivity index (χ0v) is 11.5. The standard InChI is InChI=1S/C13H6BrFN4O/c14-11-4-8(15)1-2-10(11)12-18-13(20-19-12)7-3-9(5-16)17-6-7/h1-4,6,17H. The molecule has 0 fully saturated rings. The first-order chi connectivity index (χ1) is 9.67. The highest BCUT2D eigenvalue weighted by Gasteiger charge is 2.14. The van der Waals surface area contributed by atoms with Gasteiger partial charge in [0.25, 0.3) is 5.89 Å². The number of nitrogens with zero attached hydrogens (tertiary/aromatic N) is 3. The Morgan fingerprint density at radius 1 is 1.35 bits per heavy atom. The number of nitrogens with one attached hydrogen (secondary N) is 1. The Morgan fingerprint density at radius 2 is 2.20 bits per heavy atom. The van der Waals surface area contributed by atoms with E-state index in [2.05, 4.69) is 31.1 Å². The van der Waals surface area contributed by atoms with Crippen LogP contribution in [-0.2, 0) is 0 Å². The molecular weight excluding hydrogens is 327 g/mol. The maximum atomic E-state index is 13.0. The van der Waals surface area contributed by atoms with Crippen LogP contribution in [0.2, 0.25) is 0 Å². The smallest absolute Gasteiger partial charge is 0.259 e. The molecule has 5 nitrogen and oxygen atoms in total. The van der Waals surface area contributed by atoms with Crippen LogP contribution in [0.1, 0.15) is 5.69 Å². The molecule has 0 radical (unpaired) electrons. The van der Waals surface area contributed by atoms with Crippen molar-refractivity contribution in [1.82, 2.24) is 15.1 Å². The molecule has 0 aliphatic rings. The quantitative estimate of drug-likeness (QED) is 0.778. The van der Waals surface area contributed by atoms with Crippen LogP contribution in [0, 0.1) is 17.1 Å². The third-order valence-corrected chi connectivity index (χ3v) is 3.30. The van der Waals surface area contributed by atoms with Gasteiger partial charge in [0.1, 0.15) is 17.6 Å². The molecule has 0 aliphatic heterocycles. The summed E-state index contributed by atoms with van der Waals surface area (Å²) < 4.78 is 18.7. The van der Waals surface area contributed by atoms with Crippen LogP contribution in [0.5, 0.6) is 0 Å². The molecule has 2 heterocycles. The summed E-state index contributed by atoms with van der Waals surface area (Å²) in [6.45, 7) is 0. The van der Waals surface area contributed by atoms with Crippen LogP contribution in [0.4, 0.5) is 4.39 Å². The molecular formula is C13H6BrFN4O. The first-order valence-corrected chi connectivity index (χ1v) is 6.34. The fourth-order valence-corrected chi connectivity index (χ4v) is 2.23. The lowest BCUT2D eigenvalue weighted by atomic mass is 10.2. The van der Waals surface area contributed by atoms with Gasteiger partial charge in [-0.1, -0.05) is 5.16 Å². The van der Waals surface area contributed by atoms with Crippen molar-refractivity contribution >= 4 is 15.9 Å². The Labute approximate surface area is 121 Å². The second-order valence-corrected chi connectivity index (χ2v) is 4.82. The highest BCUT2D eigenvalue weighted by molar-refractivity contribution is 9.10. The Balaban J connectivity index is 2.00. The summed E-state index contributed by atoms with van der Waals surface area (Å²) in [6.07, 6.45) is 1.61. The number of halogens is 2. The fourth-order valence-electron chi connectivity index (χ4n) is 1.70. The number of rotatable bonds is 2. The largest absolute Gasteiger partial charge is 0.352 e. The van der Waals surface area contributed by atoms with Gasteiger partial charge in [0.2, 0.25) is 5.82 Å². The van der Waals surface area contributed by atoms with E-state index in [1.165, 1.54) is 12.1 Å². The van der Waals surface area contributed by atoms with Gasteiger partial charge in [-0.25, -0.2) is 4.39 Å². The average Bonchev–Trinajstić information content (AvgIpc) is 3.07. The molecule has 1 aromatic carbocycles. The van der Waals surface area contributed by atoms with Gasteiger partial charge in [0, 0.05) is 16.2 Å². The highest BCUT2D eigenvalue weighted by atomic mass is 79.9. The lowest BCUT2D eigenvalue weighted by Crippen LogP contribution is -1.84. The van der Waals surface area contributed by atoms with Crippen molar-refractivity contribution in [3.05, 3.63) is 46.4 Å². The number of aromatic nitrogens is 3. The zero-order chi connectivity index (χ0) is 14.1. The van der Waals surface area contributed by atoms with Crippen LogP contribution in [0.15, 0.2) is 39.5 Å². The van der Waals surface area contributed by atoms with Crippen LogP contribution in [0.25, 0.3) is 22.8 Å². The molecule has 0 aliphatic carbocycles. The summed E-state index contributed by atoms with van der Waals surface area (Å²) in [4.78, 5) is 7.00. The molecule has 2 aromatic heterocycles. The zero-order valence-electron chi connectivity index (χ0n) is 9.89. The molecule has 20 heavy (non-hydrogen) atoms. The van der Waals surface area contributed by atoms with Crippen LogP contribution in [-0.4, -0.2) is 15.1 Å². The van der Waals surface area contributed by atoms with Crippen LogP contribution < -0.4 is 0 Å². The molecule has 0 atom stereocenters. The first kappa shape index (κ1) is 12.6. The number of hydrogen-bond acceptors (Lipinski definition) is 4. The number of aromatic amines is 1. The number of H-pyrrole nitrogens is 1. The fraction of sp³-hybridized carbons (Fsp3) is 0. The normalized spacial score (nSPS) is 10.4. The van der Waals surface area contributed by atoms with E-state index in [-0.39, 0.29) is 11.7 Å². The van der Waals surface area contributed by atoms with E-state index in [0.717, 1.165) is 0 Å². The number of benzene rings is 1. The van der Waals surface area contributed by atoms with E-state index >= 15 is 0 Å². The summed E-state index contributed by atoms with van der Waals surface area (Å²) >= 11 is 3.25. The summed E-state index contributed by atoms with van der Waals surface area (Å²) in [7, 11) is 0. The predicted molar refractivity (Wildman–Crippen MR) is 71.9 cm³/mol. The van der Waals surface area contributed by atoms with Crippen molar-refractivity contribution in [3.8, 4) is 28.9 Å². The van der Waals surface area contributed by atoms with Gasteiger partial charge < -0.3 is 9.51 Å². The van der Waals surface area contributed by atoms with Gasteiger partial charge in [0.15, 0.2) is 0 Å². The third kappa shape index (κ3) is 2.21. The van der Waals surface area contributed by atoms with E-state index < -0.39 is 0 Å². The number of nitriles is 1. The predicted octanol–water partition coefficient (Wildman–Crippen LogP) is 3.50. The van der Waals surface area contributed by atoms with E-state index in [1.54, 1.807) is 18.3 Å². The van der Waals surface area contributed by atoms with Gasteiger partial charge in [-0.15, -0.1) is 0 Å². The highest BCUT2D eigenvalue weighted by Crippen LogP contribution is 2.28. The average molecular weight is 333 g/mol. The lowest BCUT2D eigenvalue weighted by Gasteiger charge is -1.97. The summed E-state index contributed by atoms with van der Waals surface area (Å²) in [5.74, 6) is 0.272. The number of hydrogen-bond donors (Lipinski definition) is 1. The Bertz CT molecular complexity index is 818. The SMILES string of the molecule is N#Cc1cc(-c2nc(-c3ccc(F)cc3Br)no2)c[nH]1. The minimum absolute atomic E-state index is 0.286. The van der Waals surface area contributed by atoms with E-state index in [9.17, 15) is 4.39 Å². The molecule has 0 spiro atoms. The van der Waals surface area contributed by atoms with E-state index in [0.29, 0.717) is 27.1 Å². The van der Waals surface area contributed by atoms with Crippen molar-refractivity contribution < 1.29 is 8.91 Å². The minimum Gasteiger partial charge on any atom is -0.352 e. The lowest BCUT2D eigenvalue weighted by molar-refractivity contribution is 0.432. The molecule has 0 bridgehead atoms. The second-order valence-electron chi connectivity index (χ2n) is 3.96. The Morgan fingerprint density at radius 3 is 2.90 bits per heavy atom. The third-order valence-electron chi connectivity index (χ3n) is 2.65. The minimum atomic E-state index is -0.353. The Hall–Kier alpha value is -2.46. The van der Waals surface area contributed by atoms with Gasteiger partial charge in [0.05, 0.1) is 5.56 Å². The van der Waals surface area contributed by atoms with E-state index in [1.807, 2.05) is 6.07 Å². The molecule has 3 aromatic rings. The molecule has 1 N–H and O–H groups in total. The summed E-state index contributed by atoms with van der Waals surface area (Å²) in [6, 6.07) is 7.79. The van der Waals surface area contributed by atoms with Gasteiger partial charge in [-0.3, -0.25) is 0 Å². The van der Waals surface area contributed by atoms with E-state index in [4.69, 9.17) is 9.78 Å². The maximum absolute atomic E-state index is 13.0. The summed E-state index contributed by atoms with van der Waals surface area (Å²) in [5, 5.41) is 12.6. The molecule has 98 valence electrons. The van der Waals surface area contributed by atoms with Crippen molar-refractivity contribution in [2.45, 2.75) is 0 Å². The molecule has 0 saturated carbocycles. The molecule has 3 rings (SSSR count). The molecule has 0 amide bonds. The van der Waals surface area contributed by atoms with Crippen molar-refractivity contribution in [1.29, 1.82) is 5.26 Å². The van der Waals surface area contributed by atoms with Gasteiger partial charge in [-0.05, 0) is 40.2 Å². The van der Waals surface area contributed by atoms with Crippen molar-refractivity contribution in [2.75, 3.05) is 0 Å². The van der Waals surface area contributed by atoms with Crippen LogP contribution in [0.3, 0.4) is 0 Å². The molecule has 0 saturated heterocycles. The Kier molecular flexibility index (Phi) is 3.08. The van der Waals surface area contributed by atoms with Gasteiger partial charge >= 0.3 is 0 Å². The topological polar surface area (TPSA) is 78.5 Å². The van der Waals surface area contributed by atoms with Crippen LogP contribution >= 0.6 is 15.9 Å². The molecule has 7 heteroatoms. The monoisotopic (exact) mass is 332 g/mol. The first-order valence-electron chi connectivity index (χ1n) is 5.55. The molecule has 0 unspecified atom stereocenters. The van der Waals surface area contributed by atoms with Crippen molar-refractivity contribution in [3.63, 3.8) is 0 Å². The van der Waals surface area contributed by atoms with Gasteiger partial charge in [-0.2, -0.15) is 10.2 Å². The maximum Gasteiger partial charge on any atom is 0.259 e. The van der Waals surface area contributed by atoms with Crippen molar-refractivity contribution in [2.24, 2.45) is 0 Å². The second kappa shape index (κ2) is 4.90.